The molecule has 0 fully saturated rings. The first-order valence-corrected chi connectivity index (χ1v) is 11.9. The molecule has 30 heavy (non-hydrogen) atoms. The zero-order chi connectivity index (χ0) is 21.7. The summed E-state index contributed by atoms with van der Waals surface area (Å²) in [6.07, 6.45) is 1.95. The number of ether oxygens (including phenoxy) is 2. The number of benzene rings is 2. The van der Waals surface area contributed by atoms with Crippen LogP contribution in [0.4, 0.5) is 5.69 Å². The molecule has 3 rings (SSSR count). The highest BCUT2D eigenvalue weighted by Gasteiger charge is 2.34. The molecule has 8 heteroatoms. The molecule has 0 aliphatic carbocycles. The van der Waals surface area contributed by atoms with Crippen LogP contribution in [0.15, 0.2) is 48.5 Å². The molecule has 1 N–H and O–H groups in total. The largest absolute Gasteiger partial charge is 0.491 e. The maximum absolute atomic E-state index is 12.6. The molecule has 2 aromatic carbocycles. The van der Waals surface area contributed by atoms with E-state index >= 15 is 0 Å². The van der Waals surface area contributed by atoms with E-state index in [4.69, 9.17) is 9.47 Å². The van der Waals surface area contributed by atoms with Gasteiger partial charge in [0.2, 0.25) is 10.0 Å². The number of anilines is 1. The highest BCUT2D eigenvalue weighted by Crippen LogP contribution is 2.34. The van der Waals surface area contributed by atoms with Gasteiger partial charge in [-0.1, -0.05) is 24.3 Å². The van der Waals surface area contributed by atoms with Gasteiger partial charge in [-0.25, -0.2) is 8.42 Å². The highest BCUT2D eigenvalue weighted by atomic mass is 32.2. The first kappa shape index (κ1) is 22.0. The maximum atomic E-state index is 12.6. The monoisotopic (exact) mass is 432 g/mol. The van der Waals surface area contributed by atoms with Gasteiger partial charge in [-0.2, -0.15) is 0 Å². The molecule has 0 aromatic heterocycles. The molecular formula is C22H28N2O5S. The van der Waals surface area contributed by atoms with Crippen LogP contribution in [0.5, 0.6) is 11.5 Å². The average Bonchev–Trinajstić information content (AvgIpc) is 2.70. The van der Waals surface area contributed by atoms with Crippen molar-refractivity contribution < 1.29 is 22.7 Å². The van der Waals surface area contributed by atoms with Gasteiger partial charge >= 0.3 is 0 Å². The zero-order valence-electron chi connectivity index (χ0n) is 17.5. The summed E-state index contributed by atoms with van der Waals surface area (Å²) < 4.78 is 36.9. The molecule has 1 amide bonds. The van der Waals surface area contributed by atoms with E-state index < -0.39 is 16.1 Å². The van der Waals surface area contributed by atoms with Crippen LogP contribution in [0.25, 0.3) is 0 Å². The van der Waals surface area contributed by atoms with E-state index in [9.17, 15) is 13.2 Å². The Morgan fingerprint density at radius 1 is 1.20 bits per heavy atom. The third-order valence-electron chi connectivity index (χ3n) is 4.66. The van der Waals surface area contributed by atoms with Crippen molar-refractivity contribution in [2.24, 2.45) is 0 Å². The summed E-state index contributed by atoms with van der Waals surface area (Å²) in [5.41, 5.74) is 1.61. The van der Waals surface area contributed by atoms with Crippen molar-refractivity contribution in [2.45, 2.75) is 38.9 Å². The van der Waals surface area contributed by atoms with Gasteiger partial charge in [0.1, 0.15) is 11.5 Å². The number of aryl methyl sites for hydroxylation is 1. The number of hydrogen-bond acceptors (Lipinski definition) is 5. The van der Waals surface area contributed by atoms with Crippen LogP contribution in [0.2, 0.25) is 0 Å². The van der Waals surface area contributed by atoms with Crippen LogP contribution in [0, 0.1) is 0 Å². The van der Waals surface area contributed by atoms with Gasteiger partial charge in [-0.15, -0.1) is 0 Å². The molecule has 2 aromatic rings. The predicted octanol–water partition coefficient (Wildman–Crippen LogP) is 2.75. The van der Waals surface area contributed by atoms with E-state index in [1.165, 1.54) is 4.31 Å². The van der Waals surface area contributed by atoms with Crippen molar-refractivity contribution in [1.82, 2.24) is 5.32 Å². The number of rotatable bonds is 8. The van der Waals surface area contributed by atoms with Crippen molar-refractivity contribution in [3.8, 4) is 11.5 Å². The van der Waals surface area contributed by atoms with Gasteiger partial charge in [0.05, 0.1) is 24.6 Å². The molecule has 0 saturated heterocycles. The minimum absolute atomic E-state index is 0.0427. The summed E-state index contributed by atoms with van der Waals surface area (Å²) in [7, 11) is -3.52. The van der Waals surface area contributed by atoms with Crippen LogP contribution >= 0.6 is 0 Å². The molecule has 0 radical (unpaired) electrons. The van der Waals surface area contributed by atoms with E-state index in [-0.39, 0.29) is 18.6 Å². The topological polar surface area (TPSA) is 84.9 Å². The molecule has 1 heterocycles. The lowest BCUT2D eigenvalue weighted by atomic mass is 10.1. The van der Waals surface area contributed by atoms with Crippen molar-refractivity contribution in [3.63, 3.8) is 0 Å². The Kier molecular flexibility index (Phi) is 6.87. The summed E-state index contributed by atoms with van der Waals surface area (Å²) in [4.78, 5) is 12.6. The molecule has 0 spiro atoms. The average molecular weight is 433 g/mol. The van der Waals surface area contributed by atoms with Crippen LogP contribution in [0.1, 0.15) is 25.8 Å². The number of sulfonamides is 1. The van der Waals surface area contributed by atoms with Crippen LogP contribution < -0.4 is 19.1 Å². The first-order chi connectivity index (χ1) is 14.2. The van der Waals surface area contributed by atoms with Gasteiger partial charge in [-0.05, 0) is 56.5 Å². The standard InChI is InChI=1S/C22H28N2O5S/c1-16(2)28-18-12-10-17(11-13-18)7-6-14-23-22(25)21-15-24(30(3,26)27)19-8-4-5-9-20(19)29-21/h4-5,8-13,16,21H,6-7,14-15H2,1-3H3,(H,23,25)/t21-/m0/s1. The van der Waals surface area contributed by atoms with E-state index in [0.717, 1.165) is 30.4 Å². The SMILES string of the molecule is CC(C)Oc1ccc(CCCNC(=O)[C@@H]2CN(S(C)(=O)=O)c3ccccc3O2)cc1. The van der Waals surface area contributed by atoms with Crippen molar-refractivity contribution in [3.05, 3.63) is 54.1 Å². The second-order valence-corrected chi connectivity index (χ2v) is 9.48. The van der Waals surface area contributed by atoms with E-state index in [2.05, 4.69) is 5.32 Å². The fourth-order valence-corrected chi connectivity index (χ4v) is 4.19. The lowest BCUT2D eigenvalue weighted by Crippen LogP contribution is -2.50. The van der Waals surface area contributed by atoms with Gasteiger partial charge in [-0.3, -0.25) is 9.10 Å². The van der Waals surface area contributed by atoms with Gasteiger partial charge < -0.3 is 14.8 Å². The van der Waals surface area contributed by atoms with Crippen molar-refractivity contribution in [1.29, 1.82) is 0 Å². The third kappa shape index (κ3) is 5.66. The van der Waals surface area contributed by atoms with E-state index in [1.54, 1.807) is 24.3 Å². The number of carbonyl (C=O) groups is 1. The van der Waals surface area contributed by atoms with Crippen LogP contribution in [0.3, 0.4) is 0 Å². The fraction of sp³-hybridized carbons (Fsp3) is 0.409. The summed E-state index contributed by atoms with van der Waals surface area (Å²) >= 11 is 0. The molecule has 1 atom stereocenters. The Balaban J connectivity index is 1.52. The molecule has 0 unspecified atom stereocenters. The predicted molar refractivity (Wildman–Crippen MR) is 117 cm³/mol. The molecular weight excluding hydrogens is 404 g/mol. The lowest BCUT2D eigenvalue weighted by molar-refractivity contribution is -0.127. The summed E-state index contributed by atoms with van der Waals surface area (Å²) in [6.45, 7) is 4.41. The molecule has 1 aliphatic heterocycles. The third-order valence-corrected chi connectivity index (χ3v) is 5.81. The molecule has 0 saturated carbocycles. The molecule has 162 valence electrons. The number of nitrogens with zero attached hydrogens (tertiary/aromatic N) is 1. The second kappa shape index (κ2) is 9.38. The van der Waals surface area contributed by atoms with E-state index in [1.807, 2.05) is 38.1 Å². The van der Waals surface area contributed by atoms with Crippen LogP contribution in [-0.4, -0.2) is 45.9 Å². The van der Waals surface area contributed by atoms with Crippen molar-refractivity contribution >= 4 is 21.6 Å². The smallest absolute Gasteiger partial charge is 0.263 e. The Hall–Kier alpha value is -2.74. The number of nitrogens with one attached hydrogen (secondary N) is 1. The van der Waals surface area contributed by atoms with Gasteiger partial charge in [0.25, 0.3) is 5.91 Å². The summed E-state index contributed by atoms with van der Waals surface area (Å²) in [6, 6.07) is 14.7. The summed E-state index contributed by atoms with van der Waals surface area (Å²) in [5.74, 6) is 0.907. The van der Waals surface area contributed by atoms with Gasteiger partial charge in [0.15, 0.2) is 6.10 Å². The minimum atomic E-state index is -3.52. The van der Waals surface area contributed by atoms with Crippen molar-refractivity contribution in [2.75, 3.05) is 23.7 Å². The molecule has 1 aliphatic rings. The maximum Gasteiger partial charge on any atom is 0.263 e. The zero-order valence-corrected chi connectivity index (χ0v) is 18.3. The quantitative estimate of drug-likeness (QED) is 0.649. The Morgan fingerprint density at radius 3 is 2.57 bits per heavy atom. The lowest BCUT2D eigenvalue weighted by Gasteiger charge is -2.33. The fourth-order valence-electron chi connectivity index (χ4n) is 3.28. The first-order valence-electron chi connectivity index (χ1n) is 10.0. The number of carbonyl (C=O) groups excluding carboxylic acids is 1. The Morgan fingerprint density at radius 2 is 1.90 bits per heavy atom. The number of hydrogen-bond donors (Lipinski definition) is 1. The van der Waals surface area contributed by atoms with Crippen LogP contribution in [-0.2, 0) is 21.2 Å². The molecule has 0 bridgehead atoms. The van der Waals surface area contributed by atoms with E-state index in [0.29, 0.717) is 18.0 Å². The highest BCUT2D eigenvalue weighted by molar-refractivity contribution is 7.92. The number of amides is 1. The Bertz CT molecular complexity index is 973. The second-order valence-electron chi connectivity index (χ2n) is 7.57. The molecule has 7 nitrogen and oxygen atoms in total. The number of para-hydroxylation sites is 2. The number of fused-ring (bicyclic) bond motifs is 1. The normalized spacial score (nSPS) is 16.0. The van der Waals surface area contributed by atoms with Gasteiger partial charge in [0, 0.05) is 6.54 Å². The Labute approximate surface area is 178 Å². The minimum Gasteiger partial charge on any atom is -0.491 e. The summed E-state index contributed by atoms with van der Waals surface area (Å²) in [5, 5.41) is 2.85.